The second-order valence-corrected chi connectivity index (χ2v) is 8.17. The molecule has 1 aliphatic heterocycles. The Bertz CT molecular complexity index is 934. The average molecular weight is 385 g/mol. The standard InChI is InChI=1S/C20H23N3O3S/c1-2-26-11-3-10-23-14-17-6-7-19(12-18(17)15-23)22-27(24,25)20-8-4-16(13-21)5-9-20/h4-9,12,22H,2-3,10-11,14-15H2,1H3. The third-order valence-electron chi connectivity index (χ3n) is 4.51. The maximum atomic E-state index is 12.6. The molecule has 7 heteroatoms. The Morgan fingerprint density at radius 1 is 1.15 bits per heavy atom. The van der Waals surface area contributed by atoms with Crippen molar-refractivity contribution >= 4 is 15.7 Å². The van der Waals surface area contributed by atoms with Crippen molar-refractivity contribution in [1.82, 2.24) is 4.90 Å². The Balaban J connectivity index is 1.65. The molecule has 2 aromatic carbocycles. The number of ether oxygens (including phenoxy) is 1. The van der Waals surface area contributed by atoms with Crippen LogP contribution in [-0.2, 0) is 27.8 Å². The smallest absolute Gasteiger partial charge is 0.261 e. The summed E-state index contributed by atoms with van der Waals surface area (Å²) in [5.74, 6) is 0. The van der Waals surface area contributed by atoms with Crippen LogP contribution in [0.3, 0.4) is 0 Å². The molecule has 0 radical (unpaired) electrons. The SMILES string of the molecule is CCOCCCN1Cc2ccc(NS(=O)(=O)c3ccc(C#N)cc3)cc2C1. The monoisotopic (exact) mass is 385 g/mol. The third kappa shape index (κ3) is 4.86. The Kier molecular flexibility index (Phi) is 6.11. The topological polar surface area (TPSA) is 82.4 Å². The molecular formula is C20H23N3O3S. The summed E-state index contributed by atoms with van der Waals surface area (Å²) in [6.45, 7) is 6.15. The van der Waals surface area contributed by atoms with E-state index in [0.717, 1.165) is 44.8 Å². The summed E-state index contributed by atoms with van der Waals surface area (Å²) in [7, 11) is -3.68. The van der Waals surface area contributed by atoms with Crippen LogP contribution in [0.4, 0.5) is 5.69 Å². The lowest BCUT2D eigenvalue weighted by Crippen LogP contribution is -2.19. The Morgan fingerprint density at radius 3 is 2.59 bits per heavy atom. The van der Waals surface area contributed by atoms with Crippen LogP contribution in [0.25, 0.3) is 0 Å². The quantitative estimate of drug-likeness (QED) is 0.706. The van der Waals surface area contributed by atoms with Gasteiger partial charge in [0.05, 0.1) is 16.5 Å². The van der Waals surface area contributed by atoms with Gasteiger partial charge in [0, 0.05) is 38.5 Å². The normalized spacial score (nSPS) is 13.9. The molecule has 0 saturated heterocycles. The number of nitrogens with one attached hydrogen (secondary N) is 1. The van der Waals surface area contributed by atoms with Crippen molar-refractivity contribution < 1.29 is 13.2 Å². The van der Waals surface area contributed by atoms with E-state index in [4.69, 9.17) is 10.00 Å². The summed E-state index contributed by atoms with van der Waals surface area (Å²) in [6.07, 6.45) is 0.986. The maximum Gasteiger partial charge on any atom is 0.261 e. The molecule has 6 nitrogen and oxygen atoms in total. The van der Waals surface area contributed by atoms with Crippen molar-refractivity contribution in [2.75, 3.05) is 24.5 Å². The van der Waals surface area contributed by atoms with Crippen LogP contribution >= 0.6 is 0 Å². The molecular weight excluding hydrogens is 362 g/mol. The molecule has 0 spiro atoms. The maximum absolute atomic E-state index is 12.6. The summed E-state index contributed by atoms with van der Waals surface area (Å²) < 4.78 is 33.1. The second-order valence-electron chi connectivity index (χ2n) is 6.49. The number of fused-ring (bicyclic) bond motifs is 1. The average Bonchev–Trinajstić information content (AvgIpc) is 3.07. The second kappa shape index (κ2) is 8.53. The number of nitrogens with zero attached hydrogens (tertiary/aromatic N) is 2. The predicted octanol–water partition coefficient (Wildman–Crippen LogP) is 3.10. The van der Waals surface area contributed by atoms with E-state index in [-0.39, 0.29) is 4.90 Å². The van der Waals surface area contributed by atoms with Gasteiger partial charge in [-0.25, -0.2) is 8.42 Å². The molecule has 1 heterocycles. The van der Waals surface area contributed by atoms with Gasteiger partial charge in [-0.1, -0.05) is 6.07 Å². The van der Waals surface area contributed by atoms with Gasteiger partial charge < -0.3 is 4.74 Å². The van der Waals surface area contributed by atoms with Gasteiger partial charge in [-0.15, -0.1) is 0 Å². The highest BCUT2D eigenvalue weighted by atomic mass is 32.2. The molecule has 0 amide bonds. The van der Waals surface area contributed by atoms with Gasteiger partial charge in [0.1, 0.15) is 0 Å². The van der Waals surface area contributed by atoms with Crippen molar-refractivity contribution in [1.29, 1.82) is 5.26 Å². The summed E-state index contributed by atoms with van der Waals surface area (Å²) in [5, 5.41) is 8.83. The van der Waals surface area contributed by atoms with Crippen LogP contribution < -0.4 is 4.72 Å². The molecule has 142 valence electrons. The van der Waals surface area contributed by atoms with E-state index in [0.29, 0.717) is 11.3 Å². The molecule has 0 atom stereocenters. The van der Waals surface area contributed by atoms with Crippen LogP contribution in [0, 0.1) is 11.3 Å². The number of benzene rings is 2. The van der Waals surface area contributed by atoms with Crippen LogP contribution in [0.1, 0.15) is 30.0 Å². The number of rotatable bonds is 8. The first-order valence-corrected chi connectivity index (χ1v) is 10.4. The Morgan fingerprint density at radius 2 is 1.89 bits per heavy atom. The first-order chi connectivity index (χ1) is 13.0. The highest BCUT2D eigenvalue weighted by molar-refractivity contribution is 7.92. The first kappa shape index (κ1) is 19.4. The summed E-state index contributed by atoms with van der Waals surface area (Å²) in [6, 6.07) is 13.5. The van der Waals surface area contributed by atoms with Crippen molar-refractivity contribution in [3.63, 3.8) is 0 Å². The van der Waals surface area contributed by atoms with E-state index in [9.17, 15) is 8.42 Å². The van der Waals surface area contributed by atoms with E-state index in [1.165, 1.54) is 29.8 Å². The van der Waals surface area contributed by atoms with Crippen LogP contribution in [0.2, 0.25) is 0 Å². The van der Waals surface area contributed by atoms with Crippen LogP contribution in [-0.4, -0.2) is 33.1 Å². The molecule has 27 heavy (non-hydrogen) atoms. The largest absolute Gasteiger partial charge is 0.382 e. The van der Waals surface area contributed by atoms with Crippen molar-refractivity contribution in [2.24, 2.45) is 0 Å². The highest BCUT2D eigenvalue weighted by Crippen LogP contribution is 2.27. The number of hydrogen-bond donors (Lipinski definition) is 1. The summed E-state index contributed by atoms with van der Waals surface area (Å²) in [4.78, 5) is 2.47. The summed E-state index contributed by atoms with van der Waals surface area (Å²) in [5.41, 5.74) is 3.35. The molecule has 2 aromatic rings. The zero-order valence-corrected chi connectivity index (χ0v) is 16.1. The van der Waals surface area contributed by atoms with E-state index in [1.54, 1.807) is 6.07 Å². The fourth-order valence-corrected chi connectivity index (χ4v) is 4.19. The highest BCUT2D eigenvalue weighted by Gasteiger charge is 2.20. The Hall–Kier alpha value is -2.40. The third-order valence-corrected chi connectivity index (χ3v) is 5.90. The van der Waals surface area contributed by atoms with E-state index < -0.39 is 10.0 Å². The number of nitriles is 1. The van der Waals surface area contributed by atoms with Crippen LogP contribution in [0.5, 0.6) is 0 Å². The molecule has 1 N–H and O–H groups in total. The van der Waals surface area contributed by atoms with Gasteiger partial charge in [0.15, 0.2) is 0 Å². The fraction of sp³-hybridized carbons (Fsp3) is 0.350. The fourth-order valence-electron chi connectivity index (χ4n) is 3.14. The number of anilines is 1. The molecule has 0 saturated carbocycles. The first-order valence-electron chi connectivity index (χ1n) is 8.96. The lowest BCUT2D eigenvalue weighted by molar-refractivity contribution is 0.131. The van der Waals surface area contributed by atoms with Crippen molar-refractivity contribution in [3.8, 4) is 6.07 Å². The van der Waals surface area contributed by atoms with Crippen molar-refractivity contribution in [3.05, 3.63) is 59.2 Å². The zero-order valence-electron chi connectivity index (χ0n) is 15.3. The van der Waals surface area contributed by atoms with Gasteiger partial charge in [-0.3, -0.25) is 9.62 Å². The van der Waals surface area contributed by atoms with Crippen LogP contribution in [0.15, 0.2) is 47.4 Å². The molecule has 0 bridgehead atoms. The van der Waals surface area contributed by atoms with E-state index in [2.05, 4.69) is 9.62 Å². The molecule has 3 rings (SSSR count). The van der Waals surface area contributed by atoms with Gasteiger partial charge in [-0.05, 0) is 60.9 Å². The van der Waals surface area contributed by atoms with Gasteiger partial charge in [-0.2, -0.15) is 5.26 Å². The lowest BCUT2D eigenvalue weighted by Gasteiger charge is -2.14. The van der Waals surface area contributed by atoms with Gasteiger partial charge in [0.25, 0.3) is 10.0 Å². The van der Waals surface area contributed by atoms with Gasteiger partial charge >= 0.3 is 0 Å². The minimum atomic E-state index is -3.68. The van der Waals surface area contributed by atoms with Crippen molar-refractivity contribution in [2.45, 2.75) is 31.3 Å². The van der Waals surface area contributed by atoms with E-state index >= 15 is 0 Å². The lowest BCUT2D eigenvalue weighted by atomic mass is 10.1. The predicted molar refractivity (Wildman–Crippen MR) is 104 cm³/mol. The number of hydrogen-bond acceptors (Lipinski definition) is 5. The van der Waals surface area contributed by atoms with E-state index in [1.807, 2.05) is 25.1 Å². The summed E-state index contributed by atoms with van der Waals surface area (Å²) >= 11 is 0. The van der Waals surface area contributed by atoms with Gasteiger partial charge in [0.2, 0.25) is 0 Å². The zero-order chi connectivity index (χ0) is 19.3. The molecule has 0 fully saturated rings. The number of sulfonamides is 1. The molecule has 0 aliphatic carbocycles. The Labute approximate surface area is 160 Å². The molecule has 0 unspecified atom stereocenters. The molecule has 0 aromatic heterocycles. The minimum absolute atomic E-state index is 0.138. The molecule has 1 aliphatic rings. The minimum Gasteiger partial charge on any atom is -0.382 e.